The lowest BCUT2D eigenvalue weighted by Crippen LogP contribution is -2.31. The van der Waals surface area contributed by atoms with E-state index in [-0.39, 0.29) is 11.5 Å². The number of carbonyl (C=O) groups is 1. The van der Waals surface area contributed by atoms with E-state index < -0.39 is 12.1 Å². The number of rotatable bonds is 6. The molecule has 0 aliphatic heterocycles. The number of hydrogen-bond acceptors (Lipinski definition) is 4. The Labute approximate surface area is 100 Å². The summed E-state index contributed by atoms with van der Waals surface area (Å²) in [6, 6.07) is 0. The fraction of sp³-hybridized carbons (Fsp3) is 0.636. The summed E-state index contributed by atoms with van der Waals surface area (Å²) < 4.78 is 1.53. The largest absolute Gasteiger partial charge is 0.478 e. The molecule has 6 nitrogen and oxygen atoms in total. The van der Waals surface area contributed by atoms with Crippen LogP contribution in [-0.4, -0.2) is 38.6 Å². The summed E-state index contributed by atoms with van der Waals surface area (Å²) in [4.78, 5) is 10.9. The van der Waals surface area contributed by atoms with Gasteiger partial charge in [0.2, 0.25) is 0 Å². The maximum absolute atomic E-state index is 10.9. The van der Waals surface area contributed by atoms with Gasteiger partial charge in [0, 0.05) is 20.1 Å². The summed E-state index contributed by atoms with van der Waals surface area (Å²) in [5, 5.41) is 25.5. The summed E-state index contributed by atoms with van der Waals surface area (Å²) in [6.45, 7) is 4.67. The Hall–Kier alpha value is -1.40. The minimum atomic E-state index is -0.987. The molecule has 3 N–H and O–H groups in total. The van der Waals surface area contributed by atoms with Crippen molar-refractivity contribution in [3.8, 4) is 0 Å². The van der Waals surface area contributed by atoms with E-state index in [1.54, 1.807) is 7.05 Å². The molecule has 6 heteroatoms. The van der Waals surface area contributed by atoms with Gasteiger partial charge in [0.1, 0.15) is 5.56 Å². The number of aliphatic hydroxyl groups excluding tert-OH is 1. The summed E-state index contributed by atoms with van der Waals surface area (Å²) >= 11 is 0. The molecule has 0 spiro atoms. The van der Waals surface area contributed by atoms with E-state index in [0.717, 1.165) is 0 Å². The van der Waals surface area contributed by atoms with Gasteiger partial charge in [0.15, 0.2) is 0 Å². The van der Waals surface area contributed by atoms with Crippen molar-refractivity contribution < 1.29 is 15.0 Å². The molecule has 0 fully saturated rings. The van der Waals surface area contributed by atoms with Gasteiger partial charge in [0.25, 0.3) is 0 Å². The number of carboxylic acid groups (broad SMARTS) is 1. The topological polar surface area (TPSA) is 87.4 Å². The van der Waals surface area contributed by atoms with Crippen LogP contribution in [0, 0.1) is 5.92 Å². The summed E-state index contributed by atoms with van der Waals surface area (Å²) in [5.41, 5.74) is 0.799. The Morgan fingerprint density at radius 1 is 1.59 bits per heavy atom. The molecule has 17 heavy (non-hydrogen) atoms. The molecule has 0 saturated heterocycles. The molecule has 0 saturated carbocycles. The second-order valence-electron chi connectivity index (χ2n) is 4.38. The maximum atomic E-state index is 10.9. The average molecular weight is 241 g/mol. The Kier molecular flexibility index (Phi) is 4.65. The number of aryl methyl sites for hydroxylation is 1. The highest BCUT2D eigenvalue weighted by molar-refractivity contribution is 5.88. The van der Waals surface area contributed by atoms with E-state index >= 15 is 0 Å². The molecular formula is C11H19N3O3. The van der Waals surface area contributed by atoms with Crippen LogP contribution in [0.15, 0.2) is 6.20 Å². The van der Waals surface area contributed by atoms with Crippen molar-refractivity contribution in [2.45, 2.75) is 26.5 Å². The summed E-state index contributed by atoms with van der Waals surface area (Å²) in [6.07, 6.45) is 0.898. The van der Waals surface area contributed by atoms with Crippen LogP contribution in [0.3, 0.4) is 0 Å². The predicted octanol–water partition coefficient (Wildman–Crippen LogP) is 0.225. The third-order valence-electron chi connectivity index (χ3n) is 2.71. The first-order valence-corrected chi connectivity index (χ1v) is 5.56. The molecule has 1 rings (SSSR count). The molecule has 1 unspecified atom stereocenters. The lowest BCUT2D eigenvalue weighted by Gasteiger charge is -2.15. The average Bonchev–Trinajstić information content (AvgIpc) is 2.60. The molecule has 1 aromatic heterocycles. The fourth-order valence-electron chi connectivity index (χ4n) is 1.43. The number of nitrogens with one attached hydrogen (secondary N) is 1. The molecule has 0 aromatic carbocycles. The highest BCUT2D eigenvalue weighted by atomic mass is 16.4. The van der Waals surface area contributed by atoms with Crippen LogP contribution in [0.2, 0.25) is 0 Å². The van der Waals surface area contributed by atoms with Gasteiger partial charge < -0.3 is 15.5 Å². The molecular weight excluding hydrogens is 222 g/mol. The van der Waals surface area contributed by atoms with Gasteiger partial charge in [-0.25, -0.2) is 4.79 Å². The number of carboxylic acids is 1. The number of aromatic nitrogens is 2. The predicted molar refractivity (Wildman–Crippen MR) is 62.7 cm³/mol. The van der Waals surface area contributed by atoms with E-state index in [4.69, 9.17) is 5.11 Å². The van der Waals surface area contributed by atoms with Crippen LogP contribution < -0.4 is 5.32 Å². The Morgan fingerprint density at radius 2 is 2.24 bits per heavy atom. The first-order chi connectivity index (χ1) is 7.93. The SMILES string of the molecule is CC(C)C(O)CNCc1c(C(=O)O)cnn1C. The molecule has 96 valence electrons. The smallest absolute Gasteiger partial charge is 0.339 e. The van der Waals surface area contributed by atoms with Crippen molar-refractivity contribution in [3.63, 3.8) is 0 Å². The second-order valence-corrected chi connectivity index (χ2v) is 4.38. The van der Waals surface area contributed by atoms with Crippen LogP contribution in [0.1, 0.15) is 29.9 Å². The maximum Gasteiger partial charge on any atom is 0.339 e. The number of aromatic carboxylic acids is 1. The Balaban J connectivity index is 2.57. The van der Waals surface area contributed by atoms with E-state index in [2.05, 4.69) is 10.4 Å². The van der Waals surface area contributed by atoms with Crippen molar-refractivity contribution in [1.29, 1.82) is 0 Å². The van der Waals surface area contributed by atoms with E-state index in [0.29, 0.717) is 18.8 Å². The highest BCUT2D eigenvalue weighted by Crippen LogP contribution is 2.07. The van der Waals surface area contributed by atoms with E-state index in [1.807, 2.05) is 13.8 Å². The minimum Gasteiger partial charge on any atom is -0.478 e. The molecule has 0 bridgehead atoms. The summed E-state index contributed by atoms with van der Waals surface area (Å²) in [7, 11) is 1.70. The van der Waals surface area contributed by atoms with Gasteiger partial charge in [-0.3, -0.25) is 4.68 Å². The normalized spacial score (nSPS) is 13.0. The lowest BCUT2D eigenvalue weighted by atomic mass is 10.1. The van der Waals surface area contributed by atoms with Crippen molar-refractivity contribution in [2.75, 3.05) is 6.54 Å². The van der Waals surface area contributed by atoms with Gasteiger partial charge in [-0.2, -0.15) is 5.10 Å². The van der Waals surface area contributed by atoms with Crippen LogP contribution in [0.5, 0.6) is 0 Å². The van der Waals surface area contributed by atoms with Crippen molar-refractivity contribution in [3.05, 3.63) is 17.5 Å². The molecule has 1 atom stereocenters. The highest BCUT2D eigenvalue weighted by Gasteiger charge is 2.15. The van der Waals surface area contributed by atoms with Crippen LogP contribution in [-0.2, 0) is 13.6 Å². The molecule has 0 aliphatic rings. The van der Waals surface area contributed by atoms with E-state index in [1.165, 1.54) is 10.9 Å². The molecule has 0 aliphatic carbocycles. The number of nitrogens with zero attached hydrogens (tertiary/aromatic N) is 2. The van der Waals surface area contributed by atoms with Gasteiger partial charge in [-0.05, 0) is 5.92 Å². The Morgan fingerprint density at radius 3 is 2.76 bits per heavy atom. The van der Waals surface area contributed by atoms with Gasteiger partial charge in [-0.1, -0.05) is 13.8 Å². The van der Waals surface area contributed by atoms with Gasteiger partial charge >= 0.3 is 5.97 Å². The van der Waals surface area contributed by atoms with Crippen molar-refractivity contribution in [1.82, 2.24) is 15.1 Å². The second kappa shape index (κ2) is 5.79. The quantitative estimate of drug-likeness (QED) is 0.663. The zero-order valence-corrected chi connectivity index (χ0v) is 10.3. The fourth-order valence-corrected chi connectivity index (χ4v) is 1.43. The zero-order valence-electron chi connectivity index (χ0n) is 10.3. The molecule has 1 aromatic rings. The first kappa shape index (κ1) is 13.7. The molecule has 0 amide bonds. The zero-order chi connectivity index (χ0) is 13.0. The van der Waals surface area contributed by atoms with Crippen LogP contribution in [0.4, 0.5) is 0 Å². The molecule has 0 radical (unpaired) electrons. The standard InChI is InChI=1S/C11H19N3O3/c1-7(2)10(15)6-12-5-9-8(11(16)17)4-13-14(9)3/h4,7,10,12,15H,5-6H2,1-3H3,(H,16,17). The number of aliphatic hydroxyl groups is 1. The van der Waals surface area contributed by atoms with Gasteiger partial charge in [0.05, 0.1) is 18.0 Å². The third kappa shape index (κ3) is 3.54. The van der Waals surface area contributed by atoms with E-state index in [9.17, 15) is 9.90 Å². The monoisotopic (exact) mass is 241 g/mol. The lowest BCUT2D eigenvalue weighted by molar-refractivity contribution is 0.0695. The summed E-state index contributed by atoms with van der Waals surface area (Å²) in [5.74, 6) is -0.813. The minimum absolute atomic E-state index is 0.174. The van der Waals surface area contributed by atoms with Crippen LogP contribution in [0.25, 0.3) is 0 Å². The Bertz CT molecular complexity index is 387. The van der Waals surface area contributed by atoms with Gasteiger partial charge in [-0.15, -0.1) is 0 Å². The van der Waals surface area contributed by atoms with Crippen molar-refractivity contribution >= 4 is 5.97 Å². The molecule has 1 heterocycles. The first-order valence-electron chi connectivity index (χ1n) is 5.56. The third-order valence-corrected chi connectivity index (χ3v) is 2.71. The number of hydrogen-bond donors (Lipinski definition) is 3. The van der Waals surface area contributed by atoms with Crippen molar-refractivity contribution in [2.24, 2.45) is 13.0 Å². The van der Waals surface area contributed by atoms with Crippen LogP contribution >= 0.6 is 0 Å².